The first-order valence-electron chi connectivity index (χ1n) is 5.08. The van der Waals surface area contributed by atoms with E-state index in [1.165, 1.54) is 37.6 Å². The summed E-state index contributed by atoms with van der Waals surface area (Å²) in [6.45, 7) is 7.98. The molecule has 0 N–H and O–H groups in total. The maximum atomic E-state index is 5.17. The third-order valence-corrected chi connectivity index (χ3v) is 3.10. The van der Waals surface area contributed by atoms with Crippen LogP contribution in [0, 0.1) is 12.3 Å². The quantitative estimate of drug-likeness (QED) is 0.436. The van der Waals surface area contributed by atoms with Crippen LogP contribution < -0.4 is 0 Å². The van der Waals surface area contributed by atoms with E-state index in [2.05, 4.69) is 24.7 Å². The minimum atomic E-state index is 0.929. The monoisotopic (exact) mass is 199 g/mol. The van der Waals surface area contributed by atoms with Crippen molar-refractivity contribution < 1.29 is 0 Å². The van der Waals surface area contributed by atoms with Gasteiger partial charge in [-0.3, -0.25) is 0 Å². The molecule has 0 fully saturated rings. The fourth-order valence-corrected chi connectivity index (χ4v) is 2.05. The third kappa shape index (κ3) is 8.21. The van der Waals surface area contributed by atoms with Gasteiger partial charge in [-0.05, 0) is 25.3 Å². The molecule has 0 aromatic rings. The molecule has 0 heterocycles. The predicted octanol–water partition coefficient (Wildman–Crippen LogP) is 2.47. The van der Waals surface area contributed by atoms with Crippen molar-refractivity contribution in [2.24, 2.45) is 0 Å². The number of hydrogen-bond acceptors (Lipinski definition) is 2. The summed E-state index contributed by atoms with van der Waals surface area (Å²) in [6, 6.07) is 0. The summed E-state index contributed by atoms with van der Waals surface area (Å²) in [5.74, 6) is 5.12. The predicted molar refractivity (Wildman–Crippen MR) is 63.2 cm³/mol. The van der Waals surface area contributed by atoms with Gasteiger partial charge in [0.05, 0.1) is 0 Å². The molecule has 0 aliphatic heterocycles. The summed E-state index contributed by atoms with van der Waals surface area (Å²) in [5.41, 5.74) is 0. The maximum Gasteiger partial charge on any atom is 0.00939 e. The second kappa shape index (κ2) is 9.95. The van der Waals surface area contributed by atoms with E-state index in [1.54, 1.807) is 0 Å². The van der Waals surface area contributed by atoms with Crippen LogP contribution in [-0.4, -0.2) is 36.0 Å². The van der Waals surface area contributed by atoms with Gasteiger partial charge in [-0.15, -0.1) is 12.3 Å². The van der Waals surface area contributed by atoms with Gasteiger partial charge in [0.15, 0.2) is 0 Å². The summed E-state index contributed by atoms with van der Waals surface area (Å²) in [6.07, 6.45) is 7.26. The smallest absolute Gasteiger partial charge is 0.00939 e. The van der Waals surface area contributed by atoms with Gasteiger partial charge in [-0.2, -0.15) is 11.8 Å². The molecule has 0 bridgehead atoms. The lowest BCUT2D eigenvalue weighted by molar-refractivity contribution is 0.324. The van der Waals surface area contributed by atoms with Gasteiger partial charge in [0.1, 0.15) is 0 Å². The zero-order valence-electron chi connectivity index (χ0n) is 8.88. The van der Waals surface area contributed by atoms with E-state index in [1.807, 2.05) is 11.8 Å². The van der Waals surface area contributed by atoms with E-state index in [0.29, 0.717) is 0 Å². The van der Waals surface area contributed by atoms with E-state index >= 15 is 0 Å². The number of thioether (sulfide) groups is 1. The van der Waals surface area contributed by atoms with Crippen LogP contribution in [0.2, 0.25) is 0 Å². The van der Waals surface area contributed by atoms with Crippen LogP contribution in [0.5, 0.6) is 0 Å². The average molecular weight is 199 g/mol. The molecular weight excluding hydrogens is 178 g/mol. The molecule has 0 aliphatic carbocycles. The molecule has 0 rings (SSSR count). The Morgan fingerprint density at radius 3 is 2.46 bits per heavy atom. The Hall–Kier alpha value is -0.130. The highest BCUT2D eigenvalue weighted by molar-refractivity contribution is 7.99. The van der Waals surface area contributed by atoms with Gasteiger partial charge in [0, 0.05) is 18.7 Å². The second-order valence-electron chi connectivity index (χ2n) is 2.95. The third-order valence-electron chi connectivity index (χ3n) is 2.06. The molecule has 13 heavy (non-hydrogen) atoms. The van der Waals surface area contributed by atoms with Gasteiger partial charge in [-0.1, -0.05) is 13.8 Å². The van der Waals surface area contributed by atoms with E-state index in [9.17, 15) is 0 Å². The van der Waals surface area contributed by atoms with Gasteiger partial charge in [0.2, 0.25) is 0 Å². The first-order chi connectivity index (χ1) is 6.35. The average Bonchev–Trinajstić information content (AvgIpc) is 2.17. The molecule has 0 saturated heterocycles. The van der Waals surface area contributed by atoms with Crippen molar-refractivity contribution in [1.29, 1.82) is 0 Å². The highest BCUT2D eigenvalue weighted by atomic mass is 32.2. The fourth-order valence-electron chi connectivity index (χ4n) is 1.11. The lowest BCUT2D eigenvalue weighted by Crippen LogP contribution is -2.25. The first kappa shape index (κ1) is 12.9. The first-order valence-corrected chi connectivity index (χ1v) is 6.24. The van der Waals surface area contributed by atoms with Crippen LogP contribution in [0.25, 0.3) is 0 Å². The highest BCUT2D eigenvalue weighted by Gasteiger charge is 1.97. The molecule has 0 aromatic heterocycles. The Balaban J connectivity index is 3.11. The molecule has 0 unspecified atom stereocenters. The van der Waals surface area contributed by atoms with E-state index in [0.717, 1.165) is 6.42 Å². The Kier molecular flexibility index (Phi) is 9.85. The number of hydrogen-bond donors (Lipinski definition) is 0. The minimum absolute atomic E-state index is 0.929. The summed E-state index contributed by atoms with van der Waals surface area (Å²) in [4.78, 5) is 2.45. The van der Waals surface area contributed by atoms with Crippen LogP contribution in [0.4, 0.5) is 0 Å². The van der Waals surface area contributed by atoms with Gasteiger partial charge in [-0.25, -0.2) is 0 Å². The Labute approximate surface area is 87.3 Å². The lowest BCUT2D eigenvalue weighted by Gasteiger charge is -2.17. The zero-order valence-corrected chi connectivity index (χ0v) is 9.70. The van der Waals surface area contributed by atoms with Crippen molar-refractivity contribution in [2.45, 2.75) is 26.7 Å². The normalized spacial score (nSPS) is 10.3. The lowest BCUT2D eigenvalue weighted by atomic mass is 10.4. The van der Waals surface area contributed by atoms with E-state index in [4.69, 9.17) is 6.42 Å². The number of terminal acetylenes is 1. The number of nitrogens with zero attached hydrogens (tertiary/aromatic N) is 1. The topological polar surface area (TPSA) is 3.24 Å². The summed E-state index contributed by atoms with van der Waals surface area (Å²) < 4.78 is 0. The number of rotatable bonds is 8. The van der Waals surface area contributed by atoms with Crippen molar-refractivity contribution in [3.63, 3.8) is 0 Å². The molecule has 0 aliphatic rings. The molecule has 2 heteroatoms. The second-order valence-corrected chi connectivity index (χ2v) is 4.17. The van der Waals surface area contributed by atoms with E-state index in [-0.39, 0.29) is 0 Å². The molecule has 0 aromatic carbocycles. The van der Waals surface area contributed by atoms with Crippen molar-refractivity contribution in [1.82, 2.24) is 4.90 Å². The van der Waals surface area contributed by atoms with Crippen LogP contribution >= 0.6 is 11.8 Å². The van der Waals surface area contributed by atoms with Gasteiger partial charge >= 0.3 is 0 Å². The molecule has 0 radical (unpaired) electrons. The van der Waals surface area contributed by atoms with E-state index < -0.39 is 0 Å². The van der Waals surface area contributed by atoms with Gasteiger partial charge < -0.3 is 4.90 Å². The van der Waals surface area contributed by atoms with Crippen LogP contribution in [0.3, 0.4) is 0 Å². The van der Waals surface area contributed by atoms with Gasteiger partial charge in [0.25, 0.3) is 0 Å². The van der Waals surface area contributed by atoms with Crippen LogP contribution in [0.15, 0.2) is 0 Å². The highest BCUT2D eigenvalue weighted by Crippen LogP contribution is 2.04. The summed E-state index contributed by atoms with van der Waals surface area (Å²) in [7, 11) is 0. The zero-order chi connectivity index (χ0) is 9.94. The van der Waals surface area contributed by atoms with Crippen molar-refractivity contribution in [3.8, 4) is 12.3 Å². The molecular formula is C11H21NS. The van der Waals surface area contributed by atoms with Crippen molar-refractivity contribution >= 4 is 11.8 Å². The van der Waals surface area contributed by atoms with Crippen molar-refractivity contribution in [3.05, 3.63) is 0 Å². The molecule has 0 saturated carbocycles. The van der Waals surface area contributed by atoms with Crippen LogP contribution in [0.1, 0.15) is 26.7 Å². The molecule has 76 valence electrons. The molecule has 1 nitrogen and oxygen atoms in total. The molecule has 0 amide bonds. The largest absolute Gasteiger partial charge is 0.303 e. The Morgan fingerprint density at radius 1 is 1.23 bits per heavy atom. The van der Waals surface area contributed by atoms with Crippen LogP contribution in [-0.2, 0) is 0 Å². The summed E-state index contributed by atoms with van der Waals surface area (Å²) >= 11 is 2.02. The maximum absolute atomic E-state index is 5.17. The standard InChI is InChI=1S/C11H21NS/c1-4-7-8-10-13-11-9-12(5-2)6-3/h1H,5-11H2,2-3H3. The minimum Gasteiger partial charge on any atom is -0.303 e. The van der Waals surface area contributed by atoms with Crippen molar-refractivity contribution in [2.75, 3.05) is 31.1 Å². The number of unbranched alkanes of at least 4 members (excludes halogenated alkanes) is 1. The Morgan fingerprint density at radius 2 is 1.92 bits per heavy atom. The SMILES string of the molecule is C#CCCCSCCN(CC)CC. The molecule has 0 spiro atoms. The summed E-state index contributed by atoms with van der Waals surface area (Å²) in [5, 5.41) is 0. The Bertz CT molecular complexity index is 136. The molecule has 0 atom stereocenters. The fraction of sp³-hybridized carbons (Fsp3) is 0.818.